The number of hydrogen-bond donors (Lipinski definition) is 3. The molecule has 0 aromatic carbocycles. The maximum atomic E-state index is 9.20. The molecule has 0 aromatic heterocycles. The molecule has 8 heavy (non-hydrogen) atoms. The monoisotopic (exact) mass is 118 g/mol. The van der Waals surface area contributed by atoms with Gasteiger partial charge in [-0.05, 0) is 13.5 Å². The van der Waals surface area contributed by atoms with Crippen LogP contribution in [0.2, 0.25) is 0 Å². The third-order valence-corrected chi connectivity index (χ3v) is 1.39. The lowest BCUT2D eigenvalue weighted by Crippen LogP contribution is -2.48. The first-order valence-corrected chi connectivity index (χ1v) is 2.80. The van der Waals surface area contributed by atoms with Crippen molar-refractivity contribution in [1.82, 2.24) is 5.32 Å². The molecule has 0 aromatic rings. The average molecular weight is 118 g/mol. The molecule has 0 aliphatic rings. The molecule has 3 nitrogen and oxygen atoms in total. The highest BCUT2D eigenvalue weighted by atomic mass is 16.3. The molecule has 0 radical (unpaired) electrons. The maximum Gasteiger partial charge on any atom is 0.127 e. The molecule has 0 amide bonds. The van der Waals surface area contributed by atoms with Gasteiger partial charge in [0, 0.05) is 6.54 Å². The molecule has 0 heterocycles. The SMILES string of the molecule is CCC(O)(CN)NC. The summed E-state index contributed by atoms with van der Waals surface area (Å²) < 4.78 is 0. The molecule has 0 bridgehead atoms. The fourth-order valence-electron chi connectivity index (χ4n) is 0.423. The van der Waals surface area contributed by atoms with Gasteiger partial charge in [0.2, 0.25) is 0 Å². The average Bonchev–Trinajstić information content (AvgIpc) is 1.87. The van der Waals surface area contributed by atoms with Gasteiger partial charge in [0.1, 0.15) is 5.72 Å². The summed E-state index contributed by atoms with van der Waals surface area (Å²) in [5.74, 6) is 0. The molecule has 0 aliphatic carbocycles. The molecule has 0 rings (SSSR count). The van der Waals surface area contributed by atoms with Crippen molar-refractivity contribution >= 4 is 0 Å². The minimum absolute atomic E-state index is 0.264. The lowest BCUT2D eigenvalue weighted by molar-refractivity contribution is 0.0180. The Balaban J connectivity index is 3.58. The lowest BCUT2D eigenvalue weighted by Gasteiger charge is -2.23. The standard InChI is InChI=1S/C5H14N2O/c1-3-5(8,4-6)7-2/h7-8H,3-4,6H2,1-2H3. The number of nitrogens with one attached hydrogen (secondary N) is 1. The third kappa shape index (κ3) is 1.78. The van der Waals surface area contributed by atoms with Gasteiger partial charge in [0.05, 0.1) is 0 Å². The van der Waals surface area contributed by atoms with Crippen LogP contribution < -0.4 is 11.1 Å². The Labute approximate surface area is 49.9 Å². The first-order valence-electron chi connectivity index (χ1n) is 2.80. The van der Waals surface area contributed by atoms with Crippen molar-refractivity contribution in [1.29, 1.82) is 0 Å². The second-order valence-corrected chi connectivity index (χ2v) is 1.84. The van der Waals surface area contributed by atoms with E-state index in [1.54, 1.807) is 7.05 Å². The Morgan fingerprint density at radius 2 is 2.25 bits per heavy atom. The van der Waals surface area contributed by atoms with Crippen molar-refractivity contribution in [2.75, 3.05) is 13.6 Å². The van der Waals surface area contributed by atoms with Crippen molar-refractivity contribution in [3.05, 3.63) is 0 Å². The van der Waals surface area contributed by atoms with E-state index in [-0.39, 0.29) is 6.54 Å². The van der Waals surface area contributed by atoms with Crippen LogP contribution in [0.15, 0.2) is 0 Å². The van der Waals surface area contributed by atoms with Crippen LogP contribution in [0.5, 0.6) is 0 Å². The molecule has 4 N–H and O–H groups in total. The van der Waals surface area contributed by atoms with E-state index >= 15 is 0 Å². The van der Waals surface area contributed by atoms with Gasteiger partial charge in [-0.15, -0.1) is 0 Å². The van der Waals surface area contributed by atoms with Crippen LogP contribution in [0.1, 0.15) is 13.3 Å². The van der Waals surface area contributed by atoms with Gasteiger partial charge < -0.3 is 10.8 Å². The lowest BCUT2D eigenvalue weighted by atomic mass is 10.2. The Kier molecular flexibility index (Phi) is 2.97. The molecule has 0 saturated heterocycles. The van der Waals surface area contributed by atoms with Gasteiger partial charge in [-0.2, -0.15) is 0 Å². The number of likely N-dealkylation sites (N-methyl/N-ethyl adjacent to an activating group) is 1. The summed E-state index contributed by atoms with van der Waals surface area (Å²) in [5, 5.41) is 11.9. The maximum absolute atomic E-state index is 9.20. The van der Waals surface area contributed by atoms with Gasteiger partial charge in [-0.1, -0.05) is 6.92 Å². The summed E-state index contributed by atoms with van der Waals surface area (Å²) in [4.78, 5) is 0. The highest BCUT2D eigenvalue weighted by Gasteiger charge is 2.17. The van der Waals surface area contributed by atoms with Crippen molar-refractivity contribution in [2.45, 2.75) is 19.1 Å². The Morgan fingerprint density at radius 1 is 1.75 bits per heavy atom. The quantitative estimate of drug-likeness (QED) is 0.428. The molecular formula is C5H14N2O. The summed E-state index contributed by atoms with van der Waals surface area (Å²) in [6, 6.07) is 0. The van der Waals surface area contributed by atoms with Gasteiger partial charge >= 0.3 is 0 Å². The summed E-state index contributed by atoms with van der Waals surface area (Å²) in [6.07, 6.45) is 0.639. The van der Waals surface area contributed by atoms with Gasteiger partial charge in [0.25, 0.3) is 0 Å². The van der Waals surface area contributed by atoms with Gasteiger partial charge in [0.15, 0.2) is 0 Å². The predicted octanol–water partition coefficient (Wildman–Crippen LogP) is -0.737. The molecule has 3 heteroatoms. The van der Waals surface area contributed by atoms with Crippen LogP contribution >= 0.6 is 0 Å². The topological polar surface area (TPSA) is 58.3 Å². The minimum atomic E-state index is -0.847. The third-order valence-electron chi connectivity index (χ3n) is 1.39. The number of nitrogens with two attached hydrogens (primary N) is 1. The molecule has 0 spiro atoms. The summed E-state index contributed by atoms with van der Waals surface area (Å²) in [6.45, 7) is 2.14. The van der Waals surface area contributed by atoms with Crippen LogP contribution in [0.25, 0.3) is 0 Å². The molecule has 1 atom stereocenters. The second-order valence-electron chi connectivity index (χ2n) is 1.84. The van der Waals surface area contributed by atoms with E-state index in [2.05, 4.69) is 5.32 Å². The molecule has 0 aliphatic heterocycles. The van der Waals surface area contributed by atoms with E-state index in [1.165, 1.54) is 0 Å². The van der Waals surface area contributed by atoms with Crippen LogP contribution in [0.4, 0.5) is 0 Å². The number of hydrogen-bond acceptors (Lipinski definition) is 3. The Bertz CT molecular complexity index is 53.2. The van der Waals surface area contributed by atoms with E-state index < -0.39 is 5.72 Å². The molecule has 50 valence electrons. The summed E-state index contributed by atoms with van der Waals surface area (Å²) in [7, 11) is 1.69. The molecule has 0 fully saturated rings. The van der Waals surface area contributed by atoms with E-state index in [0.29, 0.717) is 6.42 Å². The fraction of sp³-hybridized carbons (Fsp3) is 1.00. The highest BCUT2D eigenvalue weighted by molar-refractivity contribution is 4.71. The number of rotatable bonds is 3. The zero-order valence-electron chi connectivity index (χ0n) is 5.44. The van der Waals surface area contributed by atoms with Crippen molar-refractivity contribution < 1.29 is 5.11 Å². The van der Waals surface area contributed by atoms with Crippen molar-refractivity contribution in [2.24, 2.45) is 5.73 Å². The van der Waals surface area contributed by atoms with Gasteiger partial charge in [-0.25, -0.2) is 0 Å². The zero-order chi connectivity index (χ0) is 6.62. The Hall–Kier alpha value is -0.120. The minimum Gasteiger partial charge on any atom is -0.375 e. The Morgan fingerprint density at radius 3 is 2.25 bits per heavy atom. The largest absolute Gasteiger partial charge is 0.375 e. The molecular weight excluding hydrogens is 104 g/mol. The highest BCUT2D eigenvalue weighted by Crippen LogP contribution is 1.99. The number of aliphatic hydroxyl groups is 1. The normalized spacial score (nSPS) is 18.0. The van der Waals surface area contributed by atoms with Crippen LogP contribution in [0.3, 0.4) is 0 Å². The first kappa shape index (κ1) is 7.88. The van der Waals surface area contributed by atoms with E-state index in [4.69, 9.17) is 5.73 Å². The summed E-state index contributed by atoms with van der Waals surface area (Å²) in [5.41, 5.74) is 4.37. The van der Waals surface area contributed by atoms with E-state index in [0.717, 1.165) is 0 Å². The van der Waals surface area contributed by atoms with Gasteiger partial charge in [-0.3, -0.25) is 5.32 Å². The second kappa shape index (κ2) is 3.02. The smallest absolute Gasteiger partial charge is 0.127 e. The summed E-state index contributed by atoms with van der Waals surface area (Å²) >= 11 is 0. The fourth-order valence-corrected chi connectivity index (χ4v) is 0.423. The van der Waals surface area contributed by atoms with Crippen molar-refractivity contribution in [3.63, 3.8) is 0 Å². The van der Waals surface area contributed by atoms with Crippen LogP contribution in [-0.4, -0.2) is 24.4 Å². The predicted molar refractivity (Wildman–Crippen MR) is 33.4 cm³/mol. The van der Waals surface area contributed by atoms with E-state index in [9.17, 15) is 5.11 Å². The van der Waals surface area contributed by atoms with E-state index in [1.807, 2.05) is 6.92 Å². The molecule has 1 unspecified atom stereocenters. The first-order chi connectivity index (χ1) is 3.68. The van der Waals surface area contributed by atoms with Crippen molar-refractivity contribution in [3.8, 4) is 0 Å². The molecule has 0 saturated carbocycles. The zero-order valence-corrected chi connectivity index (χ0v) is 5.44. The van der Waals surface area contributed by atoms with Crippen LogP contribution in [0, 0.1) is 0 Å². The van der Waals surface area contributed by atoms with Crippen LogP contribution in [-0.2, 0) is 0 Å².